The maximum Gasteiger partial charge on any atom is 0.210 e. The molecule has 0 aromatic rings. The standard InChI is InChI=1S/C7H16N2O3S/c8-13(11,12)2-1-9-5-6-3-7(10)4-6/h6-7,9-10H,1-5H2,(H2,8,11,12). The van der Waals surface area contributed by atoms with Gasteiger partial charge in [-0.15, -0.1) is 0 Å². The molecule has 1 aliphatic carbocycles. The highest BCUT2D eigenvalue weighted by Gasteiger charge is 2.26. The SMILES string of the molecule is NS(=O)(=O)CCNCC1CC(O)C1. The van der Waals surface area contributed by atoms with Crippen LogP contribution in [-0.4, -0.2) is 38.5 Å². The van der Waals surface area contributed by atoms with Gasteiger partial charge in [-0.25, -0.2) is 13.6 Å². The largest absolute Gasteiger partial charge is 0.393 e. The van der Waals surface area contributed by atoms with E-state index in [1.54, 1.807) is 0 Å². The van der Waals surface area contributed by atoms with Crippen LogP contribution in [-0.2, 0) is 10.0 Å². The normalized spacial score (nSPS) is 28.5. The molecular formula is C7H16N2O3S. The van der Waals surface area contributed by atoms with E-state index >= 15 is 0 Å². The summed E-state index contributed by atoms with van der Waals surface area (Å²) >= 11 is 0. The third-order valence-corrected chi connectivity index (χ3v) is 2.98. The lowest BCUT2D eigenvalue weighted by atomic mass is 9.82. The van der Waals surface area contributed by atoms with Crippen molar-refractivity contribution in [1.29, 1.82) is 0 Å². The third kappa shape index (κ3) is 4.56. The van der Waals surface area contributed by atoms with Crippen LogP contribution in [0.4, 0.5) is 0 Å². The quantitative estimate of drug-likeness (QED) is 0.486. The van der Waals surface area contributed by atoms with Crippen molar-refractivity contribution >= 4 is 10.0 Å². The predicted octanol–water partition coefficient (Wildman–Crippen LogP) is -1.36. The molecule has 1 aliphatic rings. The zero-order valence-electron chi connectivity index (χ0n) is 7.44. The van der Waals surface area contributed by atoms with Gasteiger partial charge in [0.1, 0.15) is 0 Å². The van der Waals surface area contributed by atoms with E-state index in [1.807, 2.05) is 0 Å². The van der Waals surface area contributed by atoms with Crippen molar-refractivity contribution < 1.29 is 13.5 Å². The molecule has 0 heterocycles. The highest BCUT2D eigenvalue weighted by Crippen LogP contribution is 2.25. The van der Waals surface area contributed by atoms with E-state index in [2.05, 4.69) is 5.32 Å². The van der Waals surface area contributed by atoms with Gasteiger partial charge in [-0.1, -0.05) is 0 Å². The Labute approximate surface area is 78.4 Å². The van der Waals surface area contributed by atoms with Gasteiger partial charge in [-0.2, -0.15) is 0 Å². The van der Waals surface area contributed by atoms with Crippen molar-refractivity contribution in [1.82, 2.24) is 5.32 Å². The second-order valence-electron chi connectivity index (χ2n) is 3.56. The first kappa shape index (κ1) is 10.9. The van der Waals surface area contributed by atoms with Gasteiger partial charge >= 0.3 is 0 Å². The summed E-state index contributed by atoms with van der Waals surface area (Å²) in [6.07, 6.45) is 1.50. The zero-order valence-corrected chi connectivity index (χ0v) is 8.26. The molecule has 0 atom stereocenters. The number of rotatable bonds is 5. The molecule has 0 unspecified atom stereocenters. The highest BCUT2D eigenvalue weighted by molar-refractivity contribution is 7.89. The molecule has 0 aromatic carbocycles. The molecule has 1 rings (SSSR count). The van der Waals surface area contributed by atoms with Crippen molar-refractivity contribution in [3.8, 4) is 0 Å². The number of nitrogens with two attached hydrogens (primary N) is 1. The predicted molar refractivity (Wildman–Crippen MR) is 49.6 cm³/mol. The van der Waals surface area contributed by atoms with Gasteiger partial charge in [-0.3, -0.25) is 0 Å². The molecule has 78 valence electrons. The molecule has 0 aliphatic heterocycles. The second-order valence-corrected chi connectivity index (χ2v) is 5.30. The lowest BCUT2D eigenvalue weighted by Gasteiger charge is -2.31. The first-order valence-electron chi connectivity index (χ1n) is 4.36. The molecular weight excluding hydrogens is 192 g/mol. The van der Waals surface area contributed by atoms with Gasteiger partial charge in [0.25, 0.3) is 0 Å². The Morgan fingerprint density at radius 2 is 2.08 bits per heavy atom. The van der Waals surface area contributed by atoms with Crippen LogP contribution in [0.3, 0.4) is 0 Å². The summed E-state index contributed by atoms with van der Waals surface area (Å²) in [5.41, 5.74) is 0. The minimum atomic E-state index is -3.33. The van der Waals surface area contributed by atoms with Gasteiger partial charge in [0.2, 0.25) is 10.0 Å². The summed E-state index contributed by atoms with van der Waals surface area (Å²) in [5.74, 6) is 0.470. The fourth-order valence-electron chi connectivity index (χ4n) is 1.39. The topological polar surface area (TPSA) is 92.4 Å². The molecule has 0 saturated heterocycles. The Hall–Kier alpha value is -0.170. The molecule has 0 amide bonds. The summed E-state index contributed by atoms with van der Waals surface area (Å²) in [5, 5.41) is 16.8. The van der Waals surface area contributed by atoms with Crippen LogP contribution < -0.4 is 10.5 Å². The van der Waals surface area contributed by atoms with Crippen molar-refractivity contribution in [2.24, 2.45) is 11.1 Å². The summed E-state index contributed by atoms with van der Waals surface area (Å²) in [7, 11) is -3.33. The Morgan fingerprint density at radius 1 is 1.46 bits per heavy atom. The van der Waals surface area contributed by atoms with E-state index in [9.17, 15) is 8.42 Å². The van der Waals surface area contributed by atoms with E-state index in [1.165, 1.54) is 0 Å². The monoisotopic (exact) mass is 208 g/mol. The molecule has 4 N–H and O–H groups in total. The average Bonchev–Trinajstić information content (AvgIpc) is 1.91. The van der Waals surface area contributed by atoms with Crippen molar-refractivity contribution in [3.05, 3.63) is 0 Å². The van der Waals surface area contributed by atoms with Crippen molar-refractivity contribution in [2.75, 3.05) is 18.8 Å². The minimum Gasteiger partial charge on any atom is -0.393 e. The number of nitrogens with one attached hydrogen (secondary N) is 1. The smallest absolute Gasteiger partial charge is 0.210 e. The van der Waals surface area contributed by atoms with Crippen LogP contribution in [0.25, 0.3) is 0 Å². The lowest BCUT2D eigenvalue weighted by molar-refractivity contribution is 0.0433. The lowest BCUT2D eigenvalue weighted by Crippen LogP contribution is -2.38. The highest BCUT2D eigenvalue weighted by atomic mass is 32.2. The Morgan fingerprint density at radius 3 is 2.54 bits per heavy atom. The van der Waals surface area contributed by atoms with E-state index < -0.39 is 10.0 Å². The van der Waals surface area contributed by atoms with Gasteiger partial charge in [-0.05, 0) is 25.3 Å². The van der Waals surface area contributed by atoms with E-state index in [0.29, 0.717) is 12.5 Å². The van der Waals surface area contributed by atoms with E-state index in [4.69, 9.17) is 10.2 Å². The molecule has 1 fully saturated rings. The number of aliphatic hydroxyl groups excluding tert-OH is 1. The molecule has 0 aromatic heterocycles. The van der Waals surface area contributed by atoms with E-state index in [0.717, 1.165) is 19.4 Å². The number of sulfonamides is 1. The first-order chi connectivity index (χ1) is 5.97. The minimum absolute atomic E-state index is 0.0255. The fraction of sp³-hybridized carbons (Fsp3) is 1.00. The fourth-order valence-corrected chi connectivity index (χ4v) is 1.82. The molecule has 6 heteroatoms. The number of aliphatic hydroxyl groups is 1. The molecule has 5 nitrogen and oxygen atoms in total. The van der Waals surface area contributed by atoms with Crippen LogP contribution in [0.2, 0.25) is 0 Å². The van der Waals surface area contributed by atoms with Gasteiger partial charge in [0, 0.05) is 6.54 Å². The average molecular weight is 208 g/mol. The summed E-state index contributed by atoms with van der Waals surface area (Å²) in [4.78, 5) is 0. The maximum atomic E-state index is 10.5. The van der Waals surface area contributed by atoms with Gasteiger partial charge in [0.15, 0.2) is 0 Å². The third-order valence-electron chi connectivity index (χ3n) is 2.21. The van der Waals surface area contributed by atoms with Crippen LogP contribution in [0.5, 0.6) is 0 Å². The molecule has 0 bridgehead atoms. The first-order valence-corrected chi connectivity index (χ1v) is 6.08. The maximum absolute atomic E-state index is 10.5. The van der Waals surface area contributed by atoms with Crippen LogP contribution in [0.1, 0.15) is 12.8 Å². The molecule has 1 saturated carbocycles. The molecule has 0 spiro atoms. The zero-order chi connectivity index (χ0) is 9.90. The second kappa shape index (κ2) is 4.36. The number of primary sulfonamides is 1. The van der Waals surface area contributed by atoms with Crippen LogP contribution >= 0.6 is 0 Å². The Kier molecular flexibility index (Phi) is 3.66. The Bertz CT molecular complexity index is 246. The number of hydrogen-bond acceptors (Lipinski definition) is 4. The van der Waals surface area contributed by atoms with Gasteiger partial charge in [0.05, 0.1) is 11.9 Å². The van der Waals surface area contributed by atoms with E-state index in [-0.39, 0.29) is 11.9 Å². The van der Waals surface area contributed by atoms with Crippen molar-refractivity contribution in [3.63, 3.8) is 0 Å². The molecule has 13 heavy (non-hydrogen) atoms. The summed E-state index contributed by atoms with van der Waals surface area (Å²) < 4.78 is 21.0. The summed E-state index contributed by atoms with van der Waals surface area (Å²) in [6.45, 7) is 1.16. The number of hydrogen-bond donors (Lipinski definition) is 3. The van der Waals surface area contributed by atoms with Crippen LogP contribution in [0.15, 0.2) is 0 Å². The van der Waals surface area contributed by atoms with Crippen LogP contribution in [0, 0.1) is 5.92 Å². The molecule has 0 radical (unpaired) electrons. The van der Waals surface area contributed by atoms with Gasteiger partial charge < -0.3 is 10.4 Å². The van der Waals surface area contributed by atoms with Crippen molar-refractivity contribution in [2.45, 2.75) is 18.9 Å². The Balaban J connectivity index is 1.96. The summed E-state index contributed by atoms with van der Waals surface area (Å²) in [6, 6.07) is 0.